The normalized spacial score (nSPS) is 25.7. The molecule has 0 amide bonds. The molecule has 1 aliphatic heterocycles. The molecule has 2 aliphatic rings. The highest BCUT2D eigenvalue weighted by atomic mass is 32.2. The first-order chi connectivity index (χ1) is 9.01. The van der Waals surface area contributed by atoms with Gasteiger partial charge in [-0.2, -0.15) is 9.40 Å². The molecule has 5 nitrogen and oxygen atoms in total. The first-order valence-electron chi connectivity index (χ1n) is 7.05. The van der Waals surface area contributed by atoms with Crippen LogP contribution in [0.15, 0.2) is 4.90 Å². The summed E-state index contributed by atoms with van der Waals surface area (Å²) >= 11 is 0. The van der Waals surface area contributed by atoms with Crippen molar-refractivity contribution in [2.24, 2.45) is 5.92 Å². The molecule has 1 atom stereocenters. The first-order valence-corrected chi connectivity index (χ1v) is 8.49. The highest BCUT2D eigenvalue weighted by Gasteiger charge is 2.42. The van der Waals surface area contributed by atoms with Crippen LogP contribution in [-0.2, 0) is 10.0 Å². The number of aromatic amines is 1. The van der Waals surface area contributed by atoms with Crippen molar-refractivity contribution in [2.75, 3.05) is 6.54 Å². The van der Waals surface area contributed by atoms with Gasteiger partial charge < -0.3 is 0 Å². The quantitative estimate of drug-likeness (QED) is 0.922. The lowest BCUT2D eigenvalue weighted by Gasteiger charge is -2.36. The van der Waals surface area contributed by atoms with Gasteiger partial charge in [0.25, 0.3) is 0 Å². The molecule has 1 unspecified atom stereocenters. The van der Waals surface area contributed by atoms with Gasteiger partial charge in [0.1, 0.15) is 4.90 Å². The zero-order valence-corrected chi connectivity index (χ0v) is 12.3. The van der Waals surface area contributed by atoms with Crippen LogP contribution >= 0.6 is 0 Å². The van der Waals surface area contributed by atoms with Crippen LogP contribution in [0.4, 0.5) is 0 Å². The molecule has 2 fully saturated rings. The van der Waals surface area contributed by atoms with Crippen LogP contribution < -0.4 is 0 Å². The number of rotatable bonds is 3. The van der Waals surface area contributed by atoms with E-state index in [0.29, 0.717) is 28.7 Å². The highest BCUT2D eigenvalue weighted by molar-refractivity contribution is 7.89. The highest BCUT2D eigenvalue weighted by Crippen LogP contribution is 2.40. The number of H-pyrrole nitrogens is 1. The fourth-order valence-corrected chi connectivity index (χ4v) is 5.49. The van der Waals surface area contributed by atoms with Crippen LogP contribution in [0.2, 0.25) is 0 Å². The molecule has 1 aliphatic carbocycles. The van der Waals surface area contributed by atoms with Gasteiger partial charge in [0, 0.05) is 12.6 Å². The first kappa shape index (κ1) is 13.1. The van der Waals surface area contributed by atoms with E-state index in [1.54, 1.807) is 18.2 Å². The van der Waals surface area contributed by atoms with Gasteiger partial charge in [0.2, 0.25) is 10.0 Å². The average molecular weight is 283 g/mol. The van der Waals surface area contributed by atoms with Crippen LogP contribution in [0.5, 0.6) is 0 Å². The molecule has 1 N–H and O–H groups in total. The summed E-state index contributed by atoms with van der Waals surface area (Å²) in [5.74, 6) is 0.574. The molecule has 1 aromatic rings. The second-order valence-corrected chi connectivity index (χ2v) is 7.61. The van der Waals surface area contributed by atoms with E-state index >= 15 is 0 Å². The summed E-state index contributed by atoms with van der Waals surface area (Å²) in [7, 11) is -3.39. The second kappa shape index (κ2) is 4.59. The monoisotopic (exact) mass is 283 g/mol. The molecule has 19 heavy (non-hydrogen) atoms. The lowest BCUT2D eigenvalue weighted by atomic mass is 9.79. The van der Waals surface area contributed by atoms with Gasteiger partial charge >= 0.3 is 0 Å². The predicted octanol–water partition coefficient (Wildman–Crippen LogP) is 1.98. The molecule has 3 rings (SSSR count). The molecule has 1 saturated carbocycles. The number of sulfonamides is 1. The Bertz CT molecular complexity index is 555. The van der Waals surface area contributed by atoms with Crippen molar-refractivity contribution in [3.63, 3.8) is 0 Å². The zero-order chi connectivity index (χ0) is 13.6. The van der Waals surface area contributed by atoms with Crippen molar-refractivity contribution in [2.45, 2.75) is 56.9 Å². The third-order valence-corrected chi connectivity index (χ3v) is 6.76. The van der Waals surface area contributed by atoms with Crippen molar-refractivity contribution in [1.29, 1.82) is 0 Å². The van der Waals surface area contributed by atoms with Crippen LogP contribution in [0, 0.1) is 19.8 Å². The Labute approximate surface area is 114 Å². The SMILES string of the molecule is Cc1n[nH]c(C)c1S(=O)(=O)N1CCCC1C1CCC1. The smallest absolute Gasteiger partial charge is 0.246 e. The maximum atomic E-state index is 12.9. The van der Waals surface area contributed by atoms with Gasteiger partial charge in [-0.05, 0) is 45.4 Å². The van der Waals surface area contributed by atoms with Gasteiger partial charge in [0.15, 0.2) is 0 Å². The number of nitrogens with zero attached hydrogens (tertiary/aromatic N) is 2. The minimum Gasteiger partial charge on any atom is -0.281 e. The summed E-state index contributed by atoms with van der Waals surface area (Å²) in [5.41, 5.74) is 1.23. The number of hydrogen-bond acceptors (Lipinski definition) is 3. The third-order valence-electron chi connectivity index (χ3n) is 4.57. The van der Waals surface area contributed by atoms with E-state index in [9.17, 15) is 8.42 Å². The molecular formula is C13H21N3O2S. The molecule has 0 aromatic carbocycles. The van der Waals surface area contributed by atoms with Crippen molar-refractivity contribution in [3.05, 3.63) is 11.4 Å². The molecule has 1 aromatic heterocycles. The molecule has 6 heteroatoms. The predicted molar refractivity (Wildman–Crippen MR) is 72.3 cm³/mol. The van der Waals surface area contributed by atoms with Gasteiger partial charge in [0.05, 0.1) is 11.4 Å². The Morgan fingerprint density at radius 2 is 1.95 bits per heavy atom. The van der Waals surface area contributed by atoms with Gasteiger partial charge in [-0.3, -0.25) is 5.10 Å². The number of nitrogens with one attached hydrogen (secondary N) is 1. The lowest BCUT2D eigenvalue weighted by molar-refractivity contribution is 0.191. The molecule has 0 radical (unpaired) electrons. The Morgan fingerprint density at radius 3 is 2.47 bits per heavy atom. The van der Waals surface area contributed by atoms with Crippen molar-refractivity contribution < 1.29 is 8.42 Å². The van der Waals surface area contributed by atoms with E-state index in [4.69, 9.17) is 0 Å². The van der Waals surface area contributed by atoms with E-state index in [2.05, 4.69) is 10.2 Å². The second-order valence-electron chi connectivity index (χ2n) is 5.78. The largest absolute Gasteiger partial charge is 0.281 e. The minimum atomic E-state index is -3.39. The Kier molecular flexibility index (Phi) is 3.17. The average Bonchev–Trinajstić information content (AvgIpc) is 2.84. The van der Waals surface area contributed by atoms with Crippen LogP contribution in [-0.4, -0.2) is 35.5 Å². The van der Waals surface area contributed by atoms with Crippen molar-refractivity contribution >= 4 is 10.0 Å². The molecule has 0 bridgehead atoms. The van der Waals surface area contributed by atoms with E-state index in [1.165, 1.54) is 19.3 Å². The summed E-state index contributed by atoms with van der Waals surface area (Å²) in [5, 5.41) is 6.81. The summed E-state index contributed by atoms with van der Waals surface area (Å²) in [6.07, 6.45) is 5.61. The summed E-state index contributed by atoms with van der Waals surface area (Å²) < 4.78 is 27.5. The maximum absolute atomic E-state index is 12.9. The molecule has 1 saturated heterocycles. The number of aryl methyl sites for hydroxylation is 2. The molecule has 106 valence electrons. The Morgan fingerprint density at radius 1 is 1.21 bits per heavy atom. The fraction of sp³-hybridized carbons (Fsp3) is 0.769. The zero-order valence-electron chi connectivity index (χ0n) is 11.5. The van der Waals surface area contributed by atoms with Crippen LogP contribution in [0.3, 0.4) is 0 Å². The summed E-state index contributed by atoms with van der Waals surface area (Å²) in [4.78, 5) is 0.388. The van der Waals surface area contributed by atoms with Crippen molar-refractivity contribution in [1.82, 2.24) is 14.5 Å². The minimum absolute atomic E-state index is 0.215. The van der Waals surface area contributed by atoms with Gasteiger partial charge in [-0.25, -0.2) is 8.42 Å². The van der Waals surface area contributed by atoms with E-state index in [1.807, 2.05) is 0 Å². The third kappa shape index (κ3) is 2.01. The van der Waals surface area contributed by atoms with E-state index < -0.39 is 10.0 Å². The summed E-state index contributed by atoms with van der Waals surface area (Å²) in [6.45, 7) is 4.19. The number of hydrogen-bond donors (Lipinski definition) is 1. The van der Waals surface area contributed by atoms with E-state index in [0.717, 1.165) is 12.8 Å². The van der Waals surface area contributed by atoms with Gasteiger partial charge in [-0.1, -0.05) is 6.42 Å². The Hall–Kier alpha value is -0.880. The van der Waals surface area contributed by atoms with Crippen LogP contribution in [0.1, 0.15) is 43.5 Å². The fourth-order valence-electron chi connectivity index (χ4n) is 3.40. The number of aromatic nitrogens is 2. The molecule has 2 heterocycles. The van der Waals surface area contributed by atoms with Crippen LogP contribution in [0.25, 0.3) is 0 Å². The van der Waals surface area contributed by atoms with E-state index in [-0.39, 0.29) is 6.04 Å². The summed E-state index contributed by atoms with van der Waals surface area (Å²) in [6, 6.07) is 0.215. The van der Waals surface area contributed by atoms with Crippen molar-refractivity contribution in [3.8, 4) is 0 Å². The topological polar surface area (TPSA) is 66.1 Å². The van der Waals surface area contributed by atoms with Gasteiger partial charge in [-0.15, -0.1) is 0 Å². The lowest BCUT2D eigenvalue weighted by Crippen LogP contribution is -2.42. The molecular weight excluding hydrogens is 262 g/mol. The Balaban J connectivity index is 1.95. The maximum Gasteiger partial charge on any atom is 0.246 e. The standard InChI is InChI=1S/C13H21N3O2S/c1-9-13(10(2)15-14-9)19(17,18)16-8-4-7-12(16)11-5-3-6-11/h11-12H,3-8H2,1-2H3,(H,14,15). The molecule has 0 spiro atoms.